The number of nitrogens with zero attached hydrogens (tertiary/aromatic N) is 1. The monoisotopic (exact) mass is 263 g/mol. The van der Waals surface area contributed by atoms with Gasteiger partial charge in [0.05, 0.1) is 5.41 Å². The van der Waals surface area contributed by atoms with E-state index in [1.807, 2.05) is 29.2 Å². The lowest BCUT2D eigenvalue weighted by atomic mass is 9.94. The first-order valence-electron chi connectivity index (χ1n) is 7.27. The van der Waals surface area contributed by atoms with E-state index in [0.717, 1.165) is 31.5 Å². The maximum atomic E-state index is 13.0. The molecule has 1 amide bonds. The highest BCUT2D eigenvalue weighted by atomic mass is 16.2. The van der Waals surface area contributed by atoms with Crippen molar-refractivity contribution in [2.75, 3.05) is 11.4 Å². The fourth-order valence-electron chi connectivity index (χ4n) is 3.32. The normalized spacial score (nSPS) is 18.7. The Balaban J connectivity index is 1.70. The van der Waals surface area contributed by atoms with Gasteiger partial charge in [0.1, 0.15) is 0 Å². The van der Waals surface area contributed by atoms with Crippen molar-refractivity contribution >= 4 is 11.6 Å². The van der Waals surface area contributed by atoms with E-state index in [1.165, 1.54) is 11.1 Å². The molecule has 0 aromatic heterocycles. The number of hydrogen-bond acceptors (Lipinski definition) is 1. The van der Waals surface area contributed by atoms with E-state index in [1.54, 1.807) is 0 Å². The Kier molecular flexibility index (Phi) is 2.46. The Morgan fingerprint density at radius 1 is 0.950 bits per heavy atom. The molecular weight excluding hydrogens is 246 g/mol. The molecule has 1 aliphatic carbocycles. The summed E-state index contributed by atoms with van der Waals surface area (Å²) in [6, 6.07) is 18.5. The average Bonchev–Trinajstić information content (AvgIpc) is 3.21. The molecule has 100 valence electrons. The van der Waals surface area contributed by atoms with Crippen LogP contribution in [0.15, 0.2) is 54.6 Å². The van der Waals surface area contributed by atoms with E-state index in [2.05, 4.69) is 30.3 Å². The van der Waals surface area contributed by atoms with Gasteiger partial charge in [0.15, 0.2) is 0 Å². The Hall–Kier alpha value is -2.09. The lowest BCUT2D eigenvalue weighted by molar-refractivity contribution is -0.120. The molecule has 0 atom stereocenters. The fraction of sp³-hybridized carbons (Fsp3) is 0.278. The number of hydrogen-bond donors (Lipinski definition) is 0. The zero-order chi connectivity index (χ0) is 13.6. The van der Waals surface area contributed by atoms with Crippen molar-refractivity contribution in [3.05, 3.63) is 65.7 Å². The van der Waals surface area contributed by atoms with Crippen LogP contribution < -0.4 is 4.90 Å². The molecule has 0 saturated heterocycles. The SMILES string of the molecule is O=C(N1CCc2ccccc21)C1(c2ccccc2)CC1. The standard InChI is InChI=1S/C18H17NO/c20-17(18(11-12-18)15-7-2-1-3-8-15)19-13-10-14-6-4-5-9-16(14)19/h1-9H,10-13H2. The number of rotatable bonds is 2. The van der Waals surface area contributed by atoms with Crippen LogP contribution in [0.4, 0.5) is 5.69 Å². The Bertz CT molecular complexity index is 658. The lowest BCUT2D eigenvalue weighted by Gasteiger charge is -2.24. The van der Waals surface area contributed by atoms with Gasteiger partial charge >= 0.3 is 0 Å². The third-order valence-electron chi connectivity index (χ3n) is 4.62. The van der Waals surface area contributed by atoms with E-state index in [-0.39, 0.29) is 11.3 Å². The summed E-state index contributed by atoms with van der Waals surface area (Å²) in [4.78, 5) is 15.0. The van der Waals surface area contributed by atoms with Gasteiger partial charge in [-0.2, -0.15) is 0 Å². The van der Waals surface area contributed by atoms with Crippen LogP contribution in [-0.2, 0) is 16.6 Å². The van der Waals surface area contributed by atoms with Crippen molar-refractivity contribution in [2.45, 2.75) is 24.7 Å². The molecule has 1 fully saturated rings. The van der Waals surface area contributed by atoms with Crippen molar-refractivity contribution < 1.29 is 4.79 Å². The summed E-state index contributed by atoms with van der Waals surface area (Å²) in [7, 11) is 0. The van der Waals surface area contributed by atoms with Crippen molar-refractivity contribution in [1.82, 2.24) is 0 Å². The quantitative estimate of drug-likeness (QED) is 0.814. The van der Waals surface area contributed by atoms with Crippen molar-refractivity contribution in [3.63, 3.8) is 0 Å². The number of para-hydroxylation sites is 1. The molecule has 1 saturated carbocycles. The molecule has 1 heterocycles. The number of carbonyl (C=O) groups excluding carboxylic acids is 1. The zero-order valence-electron chi connectivity index (χ0n) is 11.4. The fourth-order valence-corrected chi connectivity index (χ4v) is 3.32. The highest BCUT2D eigenvalue weighted by molar-refractivity contribution is 6.04. The van der Waals surface area contributed by atoms with Gasteiger partial charge in [-0.25, -0.2) is 0 Å². The molecule has 1 aliphatic heterocycles. The third kappa shape index (κ3) is 1.61. The van der Waals surface area contributed by atoms with Gasteiger partial charge in [0.25, 0.3) is 0 Å². The van der Waals surface area contributed by atoms with E-state index < -0.39 is 0 Å². The predicted molar refractivity (Wildman–Crippen MR) is 79.9 cm³/mol. The second-order valence-electron chi connectivity index (χ2n) is 5.78. The first kappa shape index (κ1) is 11.7. The van der Waals surface area contributed by atoms with Crippen LogP contribution in [0.3, 0.4) is 0 Å². The second-order valence-corrected chi connectivity index (χ2v) is 5.78. The number of anilines is 1. The molecule has 2 aromatic carbocycles. The molecule has 20 heavy (non-hydrogen) atoms. The maximum absolute atomic E-state index is 13.0. The number of fused-ring (bicyclic) bond motifs is 1. The van der Waals surface area contributed by atoms with Crippen LogP contribution in [0.5, 0.6) is 0 Å². The van der Waals surface area contributed by atoms with Gasteiger partial charge in [-0.1, -0.05) is 48.5 Å². The van der Waals surface area contributed by atoms with Crippen LogP contribution in [0.1, 0.15) is 24.0 Å². The van der Waals surface area contributed by atoms with Gasteiger partial charge in [-0.3, -0.25) is 4.79 Å². The lowest BCUT2D eigenvalue weighted by Crippen LogP contribution is -2.38. The molecule has 2 nitrogen and oxygen atoms in total. The van der Waals surface area contributed by atoms with Gasteiger partial charge in [-0.15, -0.1) is 0 Å². The largest absolute Gasteiger partial charge is 0.311 e. The van der Waals surface area contributed by atoms with Crippen LogP contribution in [0.25, 0.3) is 0 Å². The summed E-state index contributed by atoms with van der Waals surface area (Å²) in [5.74, 6) is 0.286. The Morgan fingerprint density at radius 2 is 1.65 bits per heavy atom. The minimum atomic E-state index is -0.251. The maximum Gasteiger partial charge on any atom is 0.237 e. The van der Waals surface area contributed by atoms with Crippen LogP contribution in [-0.4, -0.2) is 12.5 Å². The van der Waals surface area contributed by atoms with E-state index in [9.17, 15) is 4.79 Å². The van der Waals surface area contributed by atoms with Crippen LogP contribution in [0, 0.1) is 0 Å². The first-order chi connectivity index (χ1) is 9.81. The van der Waals surface area contributed by atoms with Crippen molar-refractivity contribution in [3.8, 4) is 0 Å². The van der Waals surface area contributed by atoms with Crippen LogP contribution in [0.2, 0.25) is 0 Å². The van der Waals surface area contributed by atoms with Gasteiger partial charge < -0.3 is 4.90 Å². The second kappa shape index (κ2) is 4.20. The van der Waals surface area contributed by atoms with Crippen molar-refractivity contribution in [2.24, 2.45) is 0 Å². The predicted octanol–water partition coefficient (Wildman–Crippen LogP) is 3.31. The summed E-state index contributed by atoms with van der Waals surface area (Å²) in [5, 5.41) is 0. The van der Waals surface area contributed by atoms with Crippen LogP contribution >= 0.6 is 0 Å². The highest BCUT2D eigenvalue weighted by Gasteiger charge is 2.53. The molecule has 2 heteroatoms. The molecule has 2 aliphatic rings. The molecule has 4 rings (SSSR count). The topological polar surface area (TPSA) is 20.3 Å². The molecule has 0 N–H and O–H groups in total. The van der Waals surface area contributed by atoms with E-state index >= 15 is 0 Å². The Labute approximate surface area is 119 Å². The van der Waals surface area contributed by atoms with Gasteiger partial charge in [-0.05, 0) is 36.5 Å². The highest BCUT2D eigenvalue weighted by Crippen LogP contribution is 2.50. The van der Waals surface area contributed by atoms with Gasteiger partial charge in [0, 0.05) is 12.2 Å². The summed E-state index contributed by atoms with van der Waals surface area (Å²) in [5.41, 5.74) is 3.33. The Morgan fingerprint density at radius 3 is 2.40 bits per heavy atom. The summed E-state index contributed by atoms with van der Waals surface area (Å²) >= 11 is 0. The molecule has 0 bridgehead atoms. The molecule has 2 aromatic rings. The molecule has 0 spiro atoms. The summed E-state index contributed by atoms with van der Waals surface area (Å²) in [6.45, 7) is 0.826. The minimum absolute atomic E-state index is 0.251. The molecule has 0 unspecified atom stereocenters. The summed E-state index contributed by atoms with van der Waals surface area (Å²) < 4.78 is 0. The minimum Gasteiger partial charge on any atom is -0.311 e. The number of carbonyl (C=O) groups is 1. The smallest absolute Gasteiger partial charge is 0.237 e. The van der Waals surface area contributed by atoms with E-state index in [0.29, 0.717) is 0 Å². The third-order valence-corrected chi connectivity index (χ3v) is 4.62. The zero-order valence-corrected chi connectivity index (χ0v) is 11.4. The van der Waals surface area contributed by atoms with E-state index in [4.69, 9.17) is 0 Å². The number of benzene rings is 2. The summed E-state index contributed by atoms with van der Waals surface area (Å²) in [6.07, 6.45) is 2.94. The molecule has 0 radical (unpaired) electrons. The number of amides is 1. The van der Waals surface area contributed by atoms with Gasteiger partial charge in [0.2, 0.25) is 5.91 Å². The first-order valence-corrected chi connectivity index (χ1v) is 7.27. The average molecular weight is 263 g/mol. The molecular formula is C18H17NO. The van der Waals surface area contributed by atoms with Crippen molar-refractivity contribution in [1.29, 1.82) is 0 Å².